The van der Waals surface area contributed by atoms with Crippen LogP contribution in [0, 0.1) is 30.6 Å². The average Bonchev–Trinajstić information content (AvgIpc) is 3.19. The van der Waals surface area contributed by atoms with Gasteiger partial charge in [0.15, 0.2) is 0 Å². The van der Waals surface area contributed by atoms with Crippen molar-refractivity contribution in [2.75, 3.05) is 12.4 Å². The van der Waals surface area contributed by atoms with Gasteiger partial charge in [-0.3, -0.25) is 9.59 Å². The summed E-state index contributed by atoms with van der Waals surface area (Å²) in [7, 11) is 1.28. The summed E-state index contributed by atoms with van der Waals surface area (Å²) in [6, 6.07) is 1.65. The second-order valence-electron chi connectivity index (χ2n) is 5.92. The molecule has 1 aromatic heterocycles. The zero-order valence-corrected chi connectivity index (χ0v) is 13.6. The highest BCUT2D eigenvalue weighted by atomic mass is 32.1. The van der Waals surface area contributed by atoms with Gasteiger partial charge in [0.25, 0.3) is 0 Å². The number of carboxylic acids is 1. The Morgan fingerprint density at radius 2 is 1.91 bits per heavy atom. The second-order valence-corrected chi connectivity index (χ2v) is 7.18. The van der Waals surface area contributed by atoms with Crippen molar-refractivity contribution >= 4 is 34.2 Å². The van der Waals surface area contributed by atoms with E-state index in [1.165, 1.54) is 18.4 Å². The van der Waals surface area contributed by atoms with Gasteiger partial charge >= 0.3 is 11.9 Å². The summed E-state index contributed by atoms with van der Waals surface area (Å²) in [6.45, 7) is 1.83. The van der Waals surface area contributed by atoms with Crippen LogP contribution < -0.4 is 5.32 Å². The van der Waals surface area contributed by atoms with Crippen molar-refractivity contribution in [3.8, 4) is 0 Å². The number of esters is 1. The zero-order chi connectivity index (χ0) is 16.7. The molecule has 4 atom stereocenters. The highest BCUT2D eigenvalue weighted by Crippen LogP contribution is 2.48. The van der Waals surface area contributed by atoms with E-state index in [1.54, 1.807) is 6.07 Å². The molecular weight excluding hydrogens is 318 g/mol. The number of carboxylic acid groups (broad SMARTS) is 1. The van der Waals surface area contributed by atoms with Crippen molar-refractivity contribution in [3.05, 3.63) is 28.7 Å². The van der Waals surface area contributed by atoms with E-state index in [4.69, 9.17) is 4.74 Å². The second kappa shape index (κ2) is 5.81. The predicted octanol–water partition coefficient (Wildman–Crippen LogP) is 2.30. The first-order chi connectivity index (χ1) is 10.9. The van der Waals surface area contributed by atoms with Crippen LogP contribution in [0.2, 0.25) is 0 Å². The molecule has 2 aliphatic carbocycles. The van der Waals surface area contributed by atoms with Crippen molar-refractivity contribution in [1.29, 1.82) is 0 Å². The molecule has 23 heavy (non-hydrogen) atoms. The number of thiophene rings is 1. The van der Waals surface area contributed by atoms with Crippen molar-refractivity contribution in [2.24, 2.45) is 23.7 Å². The third kappa shape index (κ3) is 2.65. The summed E-state index contributed by atoms with van der Waals surface area (Å²) in [6.07, 6.45) is 4.51. The van der Waals surface area contributed by atoms with Crippen molar-refractivity contribution in [3.63, 3.8) is 0 Å². The lowest BCUT2D eigenvalue weighted by Gasteiger charge is -2.23. The molecule has 2 N–H and O–H groups in total. The van der Waals surface area contributed by atoms with Crippen LogP contribution >= 0.6 is 11.3 Å². The van der Waals surface area contributed by atoms with Gasteiger partial charge in [-0.05, 0) is 31.2 Å². The molecule has 0 radical (unpaired) electrons. The minimum absolute atomic E-state index is 0.0521. The van der Waals surface area contributed by atoms with Gasteiger partial charge in [-0.15, -0.1) is 11.3 Å². The molecule has 1 heterocycles. The monoisotopic (exact) mass is 335 g/mol. The molecule has 0 saturated heterocycles. The Bertz CT molecular complexity index is 707. The molecule has 6 nitrogen and oxygen atoms in total. The molecule has 1 amide bonds. The molecule has 122 valence electrons. The summed E-state index contributed by atoms with van der Waals surface area (Å²) in [4.78, 5) is 36.8. The Kier molecular flexibility index (Phi) is 3.97. The number of rotatable bonds is 4. The number of aliphatic carboxylic acids is 1. The molecule has 1 aromatic rings. The summed E-state index contributed by atoms with van der Waals surface area (Å²) in [5, 5.41) is 12.6. The van der Waals surface area contributed by atoms with Crippen LogP contribution in [0.4, 0.5) is 5.00 Å². The Morgan fingerprint density at radius 1 is 1.26 bits per heavy atom. The standard InChI is InChI=1S/C16H17NO5S/c1-7-5-10(16(21)22-2)14(23-7)17-13(18)11-8-3-4-9(6-8)12(11)15(19)20/h3-5,8-9,11-12H,6H2,1-2H3,(H,17,18)(H,19,20)/t8-,9-,11-,12+/m0/s1. The van der Waals surface area contributed by atoms with Gasteiger partial charge in [0.2, 0.25) is 5.91 Å². The van der Waals surface area contributed by atoms with Gasteiger partial charge in [0, 0.05) is 4.88 Å². The lowest BCUT2D eigenvalue weighted by Crippen LogP contribution is -2.36. The van der Waals surface area contributed by atoms with Gasteiger partial charge in [-0.25, -0.2) is 4.79 Å². The van der Waals surface area contributed by atoms with Gasteiger partial charge in [0.05, 0.1) is 24.5 Å². The molecular formula is C16H17NO5S. The lowest BCUT2D eigenvalue weighted by molar-refractivity contribution is -0.146. The van der Waals surface area contributed by atoms with Crippen LogP contribution in [0.5, 0.6) is 0 Å². The Morgan fingerprint density at radius 3 is 2.52 bits per heavy atom. The maximum Gasteiger partial charge on any atom is 0.340 e. The normalized spacial score (nSPS) is 27.9. The van der Waals surface area contributed by atoms with Gasteiger partial charge in [-0.1, -0.05) is 12.2 Å². The van der Waals surface area contributed by atoms with Crippen molar-refractivity contribution in [2.45, 2.75) is 13.3 Å². The minimum Gasteiger partial charge on any atom is -0.481 e. The molecule has 2 aliphatic rings. The number of fused-ring (bicyclic) bond motifs is 2. The molecule has 1 saturated carbocycles. The zero-order valence-electron chi connectivity index (χ0n) is 12.7. The summed E-state index contributed by atoms with van der Waals surface area (Å²) >= 11 is 1.28. The fraction of sp³-hybridized carbons (Fsp3) is 0.438. The van der Waals surface area contributed by atoms with Crippen LogP contribution in [0.1, 0.15) is 21.7 Å². The Balaban J connectivity index is 1.84. The van der Waals surface area contributed by atoms with E-state index in [0.29, 0.717) is 17.0 Å². The maximum atomic E-state index is 12.6. The number of carbonyl (C=O) groups excluding carboxylic acids is 2. The van der Waals surface area contributed by atoms with E-state index >= 15 is 0 Å². The number of hydrogen-bond donors (Lipinski definition) is 2. The first kappa shape index (κ1) is 15.7. The fourth-order valence-corrected chi connectivity index (χ4v) is 4.48. The molecule has 0 spiro atoms. The first-order valence-electron chi connectivity index (χ1n) is 7.33. The van der Waals surface area contributed by atoms with Crippen LogP contribution in [0.3, 0.4) is 0 Å². The number of amides is 1. The van der Waals surface area contributed by atoms with Crippen LogP contribution in [-0.4, -0.2) is 30.1 Å². The number of aryl methyl sites for hydroxylation is 1. The highest BCUT2D eigenvalue weighted by Gasteiger charge is 2.51. The van der Waals surface area contributed by atoms with Crippen molar-refractivity contribution in [1.82, 2.24) is 0 Å². The Labute approximate surface area is 137 Å². The summed E-state index contributed by atoms with van der Waals surface area (Å²) in [5.74, 6) is -3.25. The third-order valence-corrected chi connectivity index (χ3v) is 5.51. The smallest absolute Gasteiger partial charge is 0.340 e. The Hall–Kier alpha value is -2.15. The summed E-state index contributed by atoms with van der Waals surface area (Å²) in [5.41, 5.74) is 0.300. The van der Waals surface area contributed by atoms with Crippen molar-refractivity contribution < 1.29 is 24.2 Å². The van der Waals surface area contributed by atoms with E-state index < -0.39 is 23.8 Å². The highest BCUT2D eigenvalue weighted by molar-refractivity contribution is 7.16. The van der Waals surface area contributed by atoms with Crippen LogP contribution in [-0.2, 0) is 14.3 Å². The lowest BCUT2D eigenvalue weighted by atomic mass is 9.82. The minimum atomic E-state index is -0.947. The molecule has 0 aliphatic heterocycles. The van der Waals surface area contributed by atoms with Gasteiger partial charge in [-0.2, -0.15) is 0 Å². The number of methoxy groups -OCH3 is 1. The quantitative estimate of drug-likeness (QED) is 0.650. The largest absolute Gasteiger partial charge is 0.481 e. The predicted molar refractivity (Wildman–Crippen MR) is 84.4 cm³/mol. The first-order valence-corrected chi connectivity index (χ1v) is 8.14. The van der Waals surface area contributed by atoms with E-state index in [1.807, 2.05) is 19.1 Å². The van der Waals surface area contributed by atoms with E-state index in [9.17, 15) is 19.5 Å². The average molecular weight is 335 g/mol. The molecule has 3 rings (SSSR count). The van der Waals surface area contributed by atoms with Gasteiger partial charge in [0.1, 0.15) is 5.00 Å². The topological polar surface area (TPSA) is 92.7 Å². The number of hydrogen-bond acceptors (Lipinski definition) is 5. The third-order valence-electron chi connectivity index (χ3n) is 4.54. The molecule has 1 fully saturated rings. The van der Waals surface area contributed by atoms with E-state index in [-0.39, 0.29) is 17.7 Å². The number of nitrogens with one attached hydrogen (secondary N) is 1. The SMILES string of the molecule is COC(=O)c1cc(C)sc1NC(=O)[C@@H]1[C@H](C(=O)O)[C@H]2C=C[C@H]1C2. The van der Waals surface area contributed by atoms with Gasteiger partial charge < -0.3 is 15.2 Å². The van der Waals surface area contributed by atoms with Crippen LogP contribution in [0.15, 0.2) is 18.2 Å². The molecule has 2 bridgehead atoms. The number of ether oxygens (including phenoxy) is 1. The van der Waals surface area contributed by atoms with Crippen LogP contribution in [0.25, 0.3) is 0 Å². The van der Waals surface area contributed by atoms with E-state index in [0.717, 1.165) is 4.88 Å². The fourth-order valence-electron chi connectivity index (χ4n) is 3.58. The molecule has 0 unspecified atom stereocenters. The number of anilines is 1. The number of allylic oxidation sites excluding steroid dienone is 2. The summed E-state index contributed by atoms with van der Waals surface area (Å²) < 4.78 is 4.72. The van der Waals surface area contributed by atoms with E-state index in [2.05, 4.69) is 5.32 Å². The molecule has 7 heteroatoms. The number of carbonyl (C=O) groups is 3. The molecule has 0 aromatic carbocycles. The maximum absolute atomic E-state index is 12.6.